The topological polar surface area (TPSA) is 40.5 Å². The van der Waals surface area contributed by atoms with Crippen molar-refractivity contribution in [2.24, 2.45) is 0 Å². The third-order valence-electron chi connectivity index (χ3n) is 1.83. The number of aliphatic hydroxyl groups is 1. The van der Waals surface area contributed by atoms with Crippen LogP contribution in [-0.4, -0.2) is 34.1 Å². The highest BCUT2D eigenvalue weighted by molar-refractivity contribution is 5.84. The van der Waals surface area contributed by atoms with Gasteiger partial charge in [-0.3, -0.25) is 4.79 Å². The smallest absolute Gasteiger partial charge is 0.254 e. The van der Waals surface area contributed by atoms with Crippen LogP contribution in [0.15, 0.2) is 0 Å². The number of likely N-dealkylation sites (N-methyl/N-ethyl adjacent to an activating group) is 1. The zero-order valence-electron chi connectivity index (χ0n) is 8.80. The molecule has 3 nitrogen and oxygen atoms in total. The van der Waals surface area contributed by atoms with E-state index in [-0.39, 0.29) is 11.4 Å². The van der Waals surface area contributed by atoms with E-state index in [0.29, 0.717) is 0 Å². The Hall–Kier alpha value is -0.570. The summed E-state index contributed by atoms with van der Waals surface area (Å²) in [6.07, 6.45) is 0. The maximum Gasteiger partial charge on any atom is 0.254 e. The molecule has 0 unspecified atom stereocenters. The first-order valence-corrected chi connectivity index (χ1v) is 4.07. The molecule has 0 aromatic heterocycles. The molecule has 0 aromatic rings. The summed E-state index contributed by atoms with van der Waals surface area (Å²) >= 11 is 0. The van der Waals surface area contributed by atoms with Crippen molar-refractivity contribution in [3.63, 3.8) is 0 Å². The molecule has 0 aliphatic heterocycles. The van der Waals surface area contributed by atoms with Gasteiger partial charge in [-0.2, -0.15) is 0 Å². The van der Waals surface area contributed by atoms with Crippen LogP contribution in [0.5, 0.6) is 0 Å². The number of hydrogen-bond donors (Lipinski definition) is 1. The zero-order chi connectivity index (χ0) is 10.2. The average molecular weight is 173 g/mol. The van der Waals surface area contributed by atoms with E-state index in [0.717, 1.165) is 0 Å². The standard InChI is InChI=1S/C9H19NO2/c1-8(2,3)10(6)7(11)9(4,5)12/h12H,1-6H3. The molecule has 0 radical (unpaired) electrons. The first kappa shape index (κ1) is 11.4. The largest absolute Gasteiger partial charge is 0.381 e. The molecule has 0 fully saturated rings. The number of hydrogen-bond acceptors (Lipinski definition) is 2. The van der Waals surface area contributed by atoms with Crippen molar-refractivity contribution in [1.82, 2.24) is 4.90 Å². The van der Waals surface area contributed by atoms with Gasteiger partial charge in [-0.05, 0) is 34.6 Å². The van der Waals surface area contributed by atoms with Gasteiger partial charge < -0.3 is 10.0 Å². The summed E-state index contributed by atoms with van der Waals surface area (Å²) in [5.74, 6) is -0.255. The van der Waals surface area contributed by atoms with E-state index in [2.05, 4.69) is 0 Å². The van der Waals surface area contributed by atoms with Crippen LogP contribution in [-0.2, 0) is 4.79 Å². The van der Waals surface area contributed by atoms with Crippen molar-refractivity contribution in [3.8, 4) is 0 Å². The first-order chi connectivity index (χ1) is 5.07. The maximum atomic E-state index is 11.5. The molecular weight excluding hydrogens is 154 g/mol. The highest BCUT2D eigenvalue weighted by Gasteiger charge is 2.32. The Kier molecular flexibility index (Phi) is 2.91. The molecule has 0 saturated carbocycles. The zero-order valence-corrected chi connectivity index (χ0v) is 8.80. The molecule has 0 spiro atoms. The number of nitrogens with zero attached hydrogens (tertiary/aromatic N) is 1. The van der Waals surface area contributed by atoms with Crippen molar-refractivity contribution < 1.29 is 9.90 Å². The van der Waals surface area contributed by atoms with E-state index in [4.69, 9.17) is 0 Å². The van der Waals surface area contributed by atoms with E-state index < -0.39 is 5.60 Å². The summed E-state index contributed by atoms with van der Waals surface area (Å²) in [6.45, 7) is 8.78. The summed E-state index contributed by atoms with van der Waals surface area (Å²) in [7, 11) is 1.69. The summed E-state index contributed by atoms with van der Waals surface area (Å²) in [5.41, 5.74) is -1.51. The highest BCUT2D eigenvalue weighted by Crippen LogP contribution is 2.15. The second-order valence-corrected chi connectivity index (χ2v) is 4.59. The Balaban J connectivity index is 4.53. The van der Waals surface area contributed by atoms with Gasteiger partial charge in [0.1, 0.15) is 5.60 Å². The fourth-order valence-electron chi connectivity index (χ4n) is 0.715. The van der Waals surface area contributed by atoms with Gasteiger partial charge in [0, 0.05) is 12.6 Å². The molecule has 0 saturated heterocycles. The minimum atomic E-state index is -1.28. The van der Waals surface area contributed by atoms with E-state index in [1.165, 1.54) is 13.8 Å². The van der Waals surface area contributed by atoms with Crippen molar-refractivity contribution in [2.45, 2.75) is 45.8 Å². The second-order valence-electron chi connectivity index (χ2n) is 4.59. The number of carbonyl (C=O) groups is 1. The molecule has 0 aliphatic rings. The molecule has 72 valence electrons. The van der Waals surface area contributed by atoms with Gasteiger partial charge in [0.2, 0.25) is 0 Å². The van der Waals surface area contributed by atoms with Crippen molar-refractivity contribution in [1.29, 1.82) is 0 Å². The minimum Gasteiger partial charge on any atom is -0.381 e. The lowest BCUT2D eigenvalue weighted by atomic mass is 10.0. The van der Waals surface area contributed by atoms with Crippen LogP contribution in [0.4, 0.5) is 0 Å². The van der Waals surface area contributed by atoms with Gasteiger partial charge in [0.15, 0.2) is 0 Å². The lowest BCUT2D eigenvalue weighted by Gasteiger charge is -2.35. The van der Waals surface area contributed by atoms with Crippen LogP contribution in [0.1, 0.15) is 34.6 Å². The van der Waals surface area contributed by atoms with Gasteiger partial charge in [-0.25, -0.2) is 0 Å². The van der Waals surface area contributed by atoms with Gasteiger partial charge in [-0.15, -0.1) is 0 Å². The van der Waals surface area contributed by atoms with Gasteiger partial charge in [-0.1, -0.05) is 0 Å². The van der Waals surface area contributed by atoms with Crippen LogP contribution in [0.2, 0.25) is 0 Å². The molecule has 0 atom stereocenters. The van der Waals surface area contributed by atoms with E-state index in [1.807, 2.05) is 20.8 Å². The van der Waals surface area contributed by atoms with Crippen LogP contribution in [0, 0.1) is 0 Å². The second kappa shape index (κ2) is 3.05. The highest BCUT2D eigenvalue weighted by atomic mass is 16.3. The van der Waals surface area contributed by atoms with Crippen molar-refractivity contribution in [3.05, 3.63) is 0 Å². The van der Waals surface area contributed by atoms with Crippen molar-refractivity contribution >= 4 is 5.91 Å². The molecule has 0 aliphatic carbocycles. The molecule has 0 bridgehead atoms. The summed E-state index contributed by atoms with van der Waals surface area (Å²) in [5, 5.41) is 9.43. The first-order valence-electron chi connectivity index (χ1n) is 4.07. The fourth-order valence-corrected chi connectivity index (χ4v) is 0.715. The molecule has 12 heavy (non-hydrogen) atoms. The normalized spacial score (nSPS) is 12.9. The van der Waals surface area contributed by atoms with E-state index >= 15 is 0 Å². The lowest BCUT2D eigenvalue weighted by Crippen LogP contribution is -2.51. The molecule has 0 heterocycles. The van der Waals surface area contributed by atoms with Crippen LogP contribution >= 0.6 is 0 Å². The number of rotatable bonds is 1. The molecule has 0 rings (SSSR count). The summed E-state index contributed by atoms with van der Waals surface area (Å²) in [4.78, 5) is 13.0. The average Bonchev–Trinajstić information content (AvgIpc) is 1.80. The summed E-state index contributed by atoms with van der Waals surface area (Å²) < 4.78 is 0. The molecule has 0 aromatic carbocycles. The lowest BCUT2D eigenvalue weighted by molar-refractivity contribution is -0.150. The maximum absolute atomic E-state index is 11.5. The third kappa shape index (κ3) is 2.81. The Labute approximate surface area is 74.4 Å². The number of carbonyl (C=O) groups excluding carboxylic acids is 1. The van der Waals surface area contributed by atoms with Crippen LogP contribution in [0.3, 0.4) is 0 Å². The van der Waals surface area contributed by atoms with Gasteiger partial charge >= 0.3 is 0 Å². The van der Waals surface area contributed by atoms with Crippen LogP contribution in [0.25, 0.3) is 0 Å². The van der Waals surface area contributed by atoms with Crippen LogP contribution < -0.4 is 0 Å². The minimum absolute atomic E-state index is 0.239. The Morgan fingerprint density at radius 2 is 1.50 bits per heavy atom. The van der Waals surface area contributed by atoms with E-state index in [1.54, 1.807) is 11.9 Å². The molecular formula is C9H19NO2. The summed E-state index contributed by atoms with van der Waals surface area (Å²) in [6, 6.07) is 0. The van der Waals surface area contributed by atoms with E-state index in [9.17, 15) is 9.90 Å². The molecule has 1 amide bonds. The quantitative estimate of drug-likeness (QED) is 0.643. The predicted molar refractivity (Wildman–Crippen MR) is 48.8 cm³/mol. The Morgan fingerprint density at radius 3 is 1.58 bits per heavy atom. The van der Waals surface area contributed by atoms with Crippen molar-refractivity contribution in [2.75, 3.05) is 7.05 Å². The number of amides is 1. The monoisotopic (exact) mass is 173 g/mol. The van der Waals surface area contributed by atoms with Gasteiger partial charge in [0.25, 0.3) is 5.91 Å². The SMILES string of the molecule is CN(C(=O)C(C)(C)O)C(C)(C)C. The fraction of sp³-hybridized carbons (Fsp3) is 0.889. The Morgan fingerprint density at radius 1 is 1.17 bits per heavy atom. The predicted octanol–water partition coefficient (Wildman–Crippen LogP) is 1.01. The Bertz CT molecular complexity index is 174. The molecule has 1 N–H and O–H groups in total. The third-order valence-corrected chi connectivity index (χ3v) is 1.83. The van der Waals surface area contributed by atoms with Gasteiger partial charge in [0.05, 0.1) is 0 Å². The molecule has 3 heteroatoms.